The van der Waals surface area contributed by atoms with Crippen molar-refractivity contribution >= 4 is 0 Å². The summed E-state index contributed by atoms with van der Waals surface area (Å²) < 4.78 is 5.11. The van der Waals surface area contributed by atoms with Gasteiger partial charge in [-0.2, -0.15) is 5.10 Å². The van der Waals surface area contributed by atoms with Gasteiger partial charge in [0.15, 0.2) is 0 Å². The summed E-state index contributed by atoms with van der Waals surface area (Å²) in [6.45, 7) is 2.12. The average molecular weight is 202 g/mol. The Hall–Kier alpha value is -1.77. The lowest BCUT2D eigenvalue weighted by atomic mass is 10.1. The smallest absolute Gasteiger partial charge is 0.118 e. The highest BCUT2D eigenvalue weighted by Gasteiger charge is 2.06. The summed E-state index contributed by atoms with van der Waals surface area (Å²) >= 11 is 0. The summed E-state index contributed by atoms with van der Waals surface area (Å²) in [5.74, 6) is 0.868. The Morgan fingerprint density at radius 1 is 1.27 bits per heavy atom. The molecule has 1 aromatic heterocycles. The lowest BCUT2D eigenvalue weighted by molar-refractivity contribution is 0.415. The van der Waals surface area contributed by atoms with E-state index in [0.717, 1.165) is 23.4 Å². The van der Waals surface area contributed by atoms with Crippen LogP contribution in [0.1, 0.15) is 12.5 Å². The molecular formula is C12H14N2O. The quantitative estimate of drug-likeness (QED) is 0.830. The van der Waals surface area contributed by atoms with Crippen LogP contribution in [0.15, 0.2) is 30.5 Å². The standard InChI is InChI=1S/C12H14N2O/c1-3-9-8-13-14-12(9)10-4-6-11(15-2)7-5-10/h4-8H,3H2,1-2H3,(H,13,14). The van der Waals surface area contributed by atoms with Gasteiger partial charge in [0, 0.05) is 11.8 Å². The van der Waals surface area contributed by atoms with Crippen LogP contribution in [-0.4, -0.2) is 17.3 Å². The molecule has 2 rings (SSSR count). The first kappa shape index (κ1) is 9.77. The molecule has 0 saturated carbocycles. The van der Waals surface area contributed by atoms with E-state index in [-0.39, 0.29) is 0 Å². The molecule has 0 fully saturated rings. The summed E-state index contributed by atoms with van der Waals surface area (Å²) in [4.78, 5) is 0. The average Bonchev–Trinajstić information content (AvgIpc) is 2.77. The van der Waals surface area contributed by atoms with Crippen LogP contribution in [0.3, 0.4) is 0 Å². The van der Waals surface area contributed by atoms with E-state index < -0.39 is 0 Å². The van der Waals surface area contributed by atoms with Crippen LogP contribution in [0.4, 0.5) is 0 Å². The number of methoxy groups -OCH3 is 1. The molecule has 0 aliphatic carbocycles. The maximum atomic E-state index is 5.11. The first-order valence-electron chi connectivity index (χ1n) is 5.02. The van der Waals surface area contributed by atoms with E-state index in [0.29, 0.717) is 0 Å². The van der Waals surface area contributed by atoms with Crippen LogP contribution >= 0.6 is 0 Å². The molecule has 0 bridgehead atoms. The first-order valence-corrected chi connectivity index (χ1v) is 5.02. The Morgan fingerprint density at radius 3 is 2.60 bits per heavy atom. The topological polar surface area (TPSA) is 37.9 Å². The van der Waals surface area contributed by atoms with Crippen molar-refractivity contribution in [3.63, 3.8) is 0 Å². The number of aromatic amines is 1. The molecule has 3 nitrogen and oxygen atoms in total. The number of aryl methyl sites for hydroxylation is 1. The minimum absolute atomic E-state index is 0.868. The number of nitrogens with zero attached hydrogens (tertiary/aromatic N) is 1. The van der Waals surface area contributed by atoms with Gasteiger partial charge in [0.2, 0.25) is 0 Å². The van der Waals surface area contributed by atoms with Crippen LogP contribution < -0.4 is 4.74 Å². The van der Waals surface area contributed by atoms with Gasteiger partial charge < -0.3 is 4.74 Å². The molecule has 0 spiro atoms. The Bertz CT molecular complexity index is 431. The van der Waals surface area contributed by atoms with Gasteiger partial charge in [0.25, 0.3) is 0 Å². The summed E-state index contributed by atoms with van der Waals surface area (Å²) in [5, 5.41) is 7.14. The number of ether oxygens (including phenoxy) is 1. The predicted molar refractivity (Wildman–Crippen MR) is 60.0 cm³/mol. The summed E-state index contributed by atoms with van der Waals surface area (Å²) in [6.07, 6.45) is 2.93. The number of hydrogen-bond acceptors (Lipinski definition) is 2. The van der Waals surface area contributed by atoms with Crippen LogP contribution in [0, 0.1) is 0 Å². The largest absolute Gasteiger partial charge is 0.497 e. The SMILES string of the molecule is CCc1c[nH]nc1-c1ccc(OC)cc1. The van der Waals surface area contributed by atoms with Crippen LogP contribution in [0.2, 0.25) is 0 Å². The molecule has 0 unspecified atom stereocenters. The van der Waals surface area contributed by atoms with Crippen molar-refractivity contribution in [3.8, 4) is 17.0 Å². The Morgan fingerprint density at radius 2 is 2.00 bits per heavy atom. The Kier molecular flexibility index (Phi) is 2.72. The molecule has 1 heterocycles. The fourth-order valence-electron chi connectivity index (χ4n) is 1.58. The number of H-pyrrole nitrogens is 1. The highest BCUT2D eigenvalue weighted by atomic mass is 16.5. The third kappa shape index (κ3) is 1.86. The van der Waals surface area contributed by atoms with Gasteiger partial charge in [0.05, 0.1) is 12.8 Å². The van der Waals surface area contributed by atoms with Gasteiger partial charge in [-0.1, -0.05) is 6.92 Å². The van der Waals surface area contributed by atoms with E-state index in [4.69, 9.17) is 4.74 Å². The lowest BCUT2D eigenvalue weighted by Crippen LogP contribution is -1.86. The number of aromatic nitrogens is 2. The van der Waals surface area contributed by atoms with Crippen LogP contribution in [0.5, 0.6) is 5.75 Å². The van der Waals surface area contributed by atoms with Gasteiger partial charge >= 0.3 is 0 Å². The number of benzene rings is 1. The molecule has 1 N–H and O–H groups in total. The van der Waals surface area contributed by atoms with Gasteiger partial charge in [-0.25, -0.2) is 0 Å². The molecule has 0 atom stereocenters. The molecule has 0 saturated heterocycles. The van der Waals surface area contributed by atoms with Crippen molar-refractivity contribution < 1.29 is 4.74 Å². The molecule has 15 heavy (non-hydrogen) atoms. The second-order valence-corrected chi connectivity index (χ2v) is 3.34. The molecule has 3 heteroatoms. The van der Waals surface area contributed by atoms with Gasteiger partial charge in [0.1, 0.15) is 5.75 Å². The third-order valence-electron chi connectivity index (χ3n) is 2.46. The van der Waals surface area contributed by atoms with E-state index in [9.17, 15) is 0 Å². The zero-order valence-electron chi connectivity index (χ0n) is 8.95. The highest BCUT2D eigenvalue weighted by molar-refractivity contribution is 5.63. The van der Waals surface area contributed by atoms with Crippen molar-refractivity contribution in [1.29, 1.82) is 0 Å². The molecule has 0 radical (unpaired) electrons. The van der Waals surface area contributed by atoms with Crippen molar-refractivity contribution in [1.82, 2.24) is 10.2 Å². The maximum absolute atomic E-state index is 5.11. The number of nitrogens with one attached hydrogen (secondary N) is 1. The summed E-state index contributed by atoms with van der Waals surface area (Å²) in [6, 6.07) is 7.94. The summed E-state index contributed by atoms with van der Waals surface area (Å²) in [7, 11) is 1.67. The van der Waals surface area contributed by atoms with Gasteiger partial charge in [-0.3, -0.25) is 5.10 Å². The molecule has 0 amide bonds. The monoisotopic (exact) mass is 202 g/mol. The van der Waals surface area contributed by atoms with Crippen molar-refractivity contribution in [2.75, 3.05) is 7.11 Å². The molecule has 0 aliphatic rings. The highest BCUT2D eigenvalue weighted by Crippen LogP contribution is 2.23. The van der Waals surface area contributed by atoms with Gasteiger partial charge in [-0.05, 0) is 36.2 Å². The Balaban J connectivity index is 2.37. The van der Waals surface area contributed by atoms with Crippen LogP contribution in [-0.2, 0) is 6.42 Å². The van der Waals surface area contributed by atoms with Crippen molar-refractivity contribution in [3.05, 3.63) is 36.0 Å². The van der Waals surface area contributed by atoms with E-state index in [2.05, 4.69) is 17.1 Å². The minimum Gasteiger partial charge on any atom is -0.497 e. The van der Waals surface area contributed by atoms with E-state index >= 15 is 0 Å². The summed E-state index contributed by atoms with van der Waals surface area (Å²) in [5.41, 5.74) is 3.38. The normalized spacial score (nSPS) is 10.3. The number of rotatable bonds is 3. The fourth-order valence-corrected chi connectivity index (χ4v) is 1.58. The second kappa shape index (κ2) is 4.17. The van der Waals surface area contributed by atoms with Gasteiger partial charge in [-0.15, -0.1) is 0 Å². The van der Waals surface area contributed by atoms with Crippen LogP contribution in [0.25, 0.3) is 11.3 Å². The molecule has 78 valence electrons. The third-order valence-corrected chi connectivity index (χ3v) is 2.46. The van der Waals surface area contributed by atoms with E-state index in [1.54, 1.807) is 7.11 Å². The molecule has 0 aliphatic heterocycles. The lowest BCUT2D eigenvalue weighted by Gasteiger charge is -2.02. The van der Waals surface area contributed by atoms with E-state index in [1.807, 2.05) is 30.5 Å². The maximum Gasteiger partial charge on any atom is 0.118 e. The first-order chi connectivity index (χ1) is 7.35. The van der Waals surface area contributed by atoms with E-state index in [1.165, 1.54) is 5.56 Å². The molecule has 2 aromatic rings. The zero-order valence-corrected chi connectivity index (χ0v) is 8.95. The van der Waals surface area contributed by atoms with Crippen molar-refractivity contribution in [2.24, 2.45) is 0 Å². The van der Waals surface area contributed by atoms with Crippen molar-refractivity contribution in [2.45, 2.75) is 13.3 Å². The predicted octanol–water partition coefficient (Wildman–Crippen LogP) is 2.65. The Labute approximate surface area is 89.1 Å². The fraction of sp³-hybridized carbons (Fsp3) is 0.250. The second-order valence-electron chi connectivity index (χ2n) is 3.34. The molecular weight excluding hydrogens is 188 g/mol. The zero-order chi connectivity index (χ0) is 10.7. The number of hydrogen-bond donors (Lipinski definition) is 1. The molecule has 1 aromatic carbocycles. The minimum atomic E-state index is 0.868.